The average Bonchev–Trinajstić information content (AvgIpc) is 4.29. The minimum absolute atomic E-state index is 0.613. The summed E-state index contributed by atoms with van der Waals surface area (Å²) in [4.78, 5) is 15.5. The molecule has 77 heavy (non-hydrogen) atoms. The van der Waals surface area contributed by atoms with Gasteiger partial charge in [0, 0.05) is 82.5 Å². The van der Waals surface area contributed by atoms with E-state index in [9.17, 15) is 0 Å². The van der Waals surface area contributed by atoms with Crippen LogP contribution in [0.25, 0.3) is 144 Å². The van der Waals surface area contributed by atoms with Crippen molar-refractivity contribution in [2.75, 3.05) is 0 Å². The van der Waals surface area contributed by atoms with Crippen LogP contribution in [-0.4, -0.2) is 33.2 Å². The molecule has 11 aromatic carbocycles. The summed E-state index contributed by atoms with van der Waals surface area (Å²) in [5.74, 6) is 1.87. The van der Waals surface area contributed by atoms with E-state index in [1.54, 1.807) is 0 Å². The largest absolute Gasteiger partial charge is 0.309 e. The lowest BCUT2D eigenvalue weighted by Gasteiger charge is -2.11. The molecule has 16 aromatic rings. The van der Waals surface area contributed by atoms with Crippen LogP contribution in [0.3, 0.4) is 0 Å². The summed E-state index contributed by atoms with van der Waals surface area (Å²) in [6.07, 6.45) is 0. The van der Waals surface area contributed by atoms with Crippen LogP contribution in [0.4, 0.5) is 0 Å². The molecular formula is C70H45N7. The van der Waals surface area contributed by atoms with Crippen LogP contribution in [0.1, 0.15) is 5.56 Å². The zero-order valence-corrected chi connectivity index (χ0v) is 41.9. The summed E-state index contributed by atoms with van der Waals surface area (Å²) >= 11 is 0. The third-order valence-corrected chi connectivity index (χ3v) is 15.7. The number of hydrogen-bond acceptors (Lipinski definition) is 3. The minimum atomic E-state index is 0.613. The van der Waals surface area contributed by atoms with Gasteiger partial charge in [-0.2, -0.15) is 0 Å². The van der Waals surface area contributed by atoms with Gasteiger partial charge in [0.2, 0.25) is 0 Å². The molecule has 0 spiro atoms. The van der Waals surface area contributed by atoms with Crippen molar-refractivity contribution < 1.29 is 0 Å². The highest BCUT2D eigenvalue weighted by atomic mass is 15.1. The Morgan fingerprint density at radius 3 is 1.30 bits per heavy atom. The first-order valence-corrected chi connectivity index (χ1v) is 26.2. The molecule has 7 heteroatoms. The van der Waals surface area contributed by atoms with Crippen molar-refractivity contribution in [1.29, 1.82) is 0 Å². The molecule has 0 fully saturated rings. The van der Waals surface area contributed by atoms with Gasteiger partial charge in [0.1, 0.15) is 0 Å². The molecule has 360 valence electrons. The summed E-state index contributed by atoms with van der Waals surface area (Å²) in [6.45, 7) is 2.28. The van der Waals surface area contributed by atoms with E-state index in [4.69, 9.17) is 15.0 Å². The number of fused-ring (bicyclic) bond motifs is 14. The summed E-state index contributed by atoms with van der Waals surface area (Å²) < 4.78 is 9.84. The summed E-state index contributed by atoms with van der Waals surface area (Å²) in [6, 6.07) is 91.3. The molecule has 5 heterocycles. The van der Waals surface area contributed by atoms with E-state index in [0.29, 0.717) is 17.5 Å². The maximum atomic E-state index is 5.23. The normalized spacial score (nSPS) is 12.0. The van der Waals surface area contributed by atoms with Gasteiger partial charge in [0.25, 0.3) is 0 Å². The standard InChI is InChI=1S/C70H45N7/c1-44-41-62-64(54-32-18-20-34-58(54)74(62)48-25-11-4-12-26-48)67-63(44)56-43-51(36-39-60(56)77(67)50-29-15-6-16-30-50)75-59-38-35-47(70-72-68(45-21-7-2-8-22-45)71-69(73-70)46-23-9-3-10-24-46)42-55(59)65-61(75)40-37-53-52-31-17-19-33-57(52)76(66(53)65)49-27-13-5-14-28-49/h2-43H,1H3. The van der Waals surface area contributed by atoms with E-state index in [1.807, 2.05) is 36.4 Å². The molecule has 7 nitrogen and oxygen atoms in total. The molecule has 0 amide bonds. The van der Waals surface area contributed by atoms with Crippen LogP contribution in [0.2, 0.25) is 0 Å². The van der Waals surface area contributed by atoms with Crippen molar-refractivity contribution in [3.8, 4) is 56.9 Å². The number of para-hydroxylation sites is 5. The first-order chi connectivity index (χ1) is 38.1. The SMILES string of the molecule is Cc1cc2c(c3ccccc3n2-c2ccccc2)c2c1c1cc(-n3c4ccc(-c5nc(-c6ccccc6)nc(-c6ccccc6)n5)cc4c4c3ccc3c5ccccc5n(-c5ccccc5)c34)ccc1n2-c1ccccc1. The van der Waals surface area contributed by atoms with Crippen LogP contribution in [0, 0.1) is 6.92 Å². The Hall–Kier alpha value is -10.4. The third-order valence-electron chi connectivity index (χ3n) is 15.7. The Morgan fingerprint density at radius 2 is 0.675 bits per heavy atom. The van der Waals surface area contributed by atoms with Crippen molar-refractivity contribution in [3.63, 3.8) is 0 Å². The van der Waals surface area contributed by atoms with Gasteiger partial charge in [-0.3, -0.25) is 0 Å². The topological polar surface area (TPSA) is 58.4 Å². The number of nitrogens with zero attached hydrogens (tertiary/aromatic N) is 7. The maximum Gasteiger partial charge on any atom is 0.164 e. The van der Waals surface area contributed by atoms with Crippen LogP contribution in [-0.2, 0) is 0 Å². The lowest BCUT2D eigenvalue weighted by atomic mass is 10.0. The van der Waals surface area contributed by atoms with Gasteiger partial charge in [-0.05, 0) is 110 Å². The van der Waals surface area contributed by atoms with Crippen molar-refractivity contribution in [1.82, 2.24) is 33.2 Å². The van der Waals surface area contributed by atoms with Crippen LogP contribution in [0.15, 0.2) is 255 Å². The van der Waals surface area contributed by atoms with Gasteiger partial charge in [-0.15, -0.1) is 0 Å². The minimum Gasteiger partial charge on any atom is -0.309 e. The van der Waals surface area contributed by atoms with Gasteiger partial charge in [-0.25, -0.2) is 15.0 Å². The molecular weight excluding hydrogens is 939 g/mol. The highest BCUT2D eigenvalue weighted by Crippen LogP contribution is 2.47. The Labute approximate surface area is 442 Å². The van der Waals surface area contributed by atoms with Gasteiger partial charge in [0.05, 0.1) is 44.1 Å². The molecule has 0 aliphatic rings. The number of hydrogen-bond donors (Lipinski definition) is 0. The smallest absolute Gasteiger partial charge is 0.164 e. The first kappa shape index (κ1) is 43.1. The van der Waals surface area contributed by atoms with E-state index in [1.165, 1.54) is 54.4 Å². The molecule has 0 saturated carbocycles. The second kappa shape index (κ2) is 16.8. The fourth-order valence-corrected chi connectivity index (χ4v) is 12.4. The molecule has 5 aromatic heterocycles. The van der Waals surface area contributed by atoms with E-state index in [-0.39, 0.29) is 0 Å². The third kappa shape index (κ3) is 6.47. The fraction of sp³-hybridized carbons (Fsp3) is 0.0143. The molecule has 0 N–H and O–H groups in total. The number of rotatable bonds is 7. The van der Waals surface area contributed by atoms with E-state index >= 15 is 0 Å². The average molecular weight is 984 g/mol. The van der Waals surface area contributed by atoms with Gasteiger partial charge in [0.15, 0.2) is 17.5 Å². The molecule has 0 atom stereocenters. The Bertz CT molecular complexity index is 4960. The lowest BCUT2D eigenvalue weighted by molar-refractivity contribution is 1.07. The van der Waals surface area contributed by atoms with Crippen molar-refractivity contribution in [2.24, 2.45) is 0 Å². The van der Waals surface area contributed by atoms with Crippen molar-refractivity contribution in [3.05, 3.63) is 260 Å². The zero-order chi connectivity index (χ0) is 50.7. The van der Waals surface area contributed by atoms with Crippen molar-refractivity contribution >= 4 is 87.2 Å². The second-order valence-electron chi connectivity index (χ2n) is 20.0. The van der Waals surface area contributed by atoms with Crippen LogP contribution < -0.4 is 0 Å². The van der Waals surface area contributed by atoms with E-state index < -0.39 is 0 Å². The predicted octanol–water partition coefficient (Wildman–Crippen LogP) is 17.6. The first-order valence-electron chi connectivity index (χ1n) is 26.2. The highest BCUT2D eigenvalue weighted by molar-refractivity contribution is 6.29. The lowest BCUT2D eigenvalue weighted by Crippen LogP contribution is -2.00. The molecule has 0 saturated heterocycles. The molecule has 0 unspecified atom stereocenters. The van der Waals surface area contributed by atoms with E-state index in [0.717, 1.165) is 77.8 Å². The number of benzene rings is 11. The Morgan fingerprint density at radius 1 is 0.247 bits per heavy atom. The monoisotopic (exact) mass is 983 g/mol. The number of aromatic nitrogens is 7. The Kier molecular flexibility index (Phi) is 9.41. The van der Waals surface area contributed by atoms with Crippen LogP contribution >= 0.6 is 0 Å². The molecule has 0 aliphatic carbocycles. The molecule has 0 bridgehead atoms. The fourth-order valence-electron chi connectivity index (χ4n) is 12.4. The zero-order valence-electron chi connectivity index (χ0n) is 41.9. The van der Waals surface area contributed by atoms with Gasteiger partial charge >= 0.3 is 0 Å². The molecule has 16 rings (SSSR count). The molecule has 0 aliphatic heterocycles. The highest BCUT2D eigenvalue weighted by Gasteiger charge is 2.26. The Balaban J connectivity index is 1.02. The van der Waals surface area contributed by atoms with Gasteiger partial charge < -0.3 is 18.3 Å². The van der Waals surface area contributed by atoms with Crippen LogP contribution in [0.5, 0.6) is 0 Å². The number of aryl methyl sites for hydroxylation is 1. The summed E-state index contributed by atoms with van der Waals surface area (Å²) in [5, 5.41) is 9.53. The quantitative estimate of drug-likeness (QED) is 0.160. The summed E-state index contributed by atoms with van der Waals surface area (Å²) in [5.41, 5.74) is 17.6. The maximum absolute atomic E-state index is 5.23. The second-order valence-corrected chi connectivity index (χ2v) is 20.0. The summed E-state index contributed by atoms with van der Waals surface area (Å²) in [7, 11) is 0. The molecule has 0 radical (unpaired) electrons. The van der Waals surface area contributed by atoms with E-state index in [2.05, 4.69) is 244 Å². The predicted molar refractivity (Wildman–Crippen MR) is 318 cm³/mol. The van der Waals surface area contributed by atoms with Crippen molar-refractivity contribution in [2.45, 2.75) is 6.92 Å². The van der Waals surface area contributed by atoms with Gasteiger partial charge in [-0.1, -0.05) is 158 Å².